The van der Waals surface area contributed by atoms with Crippen molar-refractivity contribution in [2.75, 3.05) is 5.32 Å². The van der Waals surface area contributed by atoms with Crippen LogP contribution in [0.1, 0.15) is 45.3 Å². The molecule has 0 fully saturated rings. The first-order chi connectivity index (χ1) is 11.8. The number of aromatic nitrogens is 4. The van der Waals surface area contributed by atoms with Crippen LogP contribution in [0.2, 0.25) is 0 Å². The summed E-state index contributed by atoms with van der Waals surface area (Å²) in [4.78, 5) is 20.8. The zero-order chi connectivity index (χ0) is 18.3. The van der Waals surface area contributed by atoms with Crippen LogP contribution in [0.15, 0.2) is 12.1 Å². The third-order valence-electron chi connectivity index (χ3n) is 3.40. The van der Waals surface area contributed by atoms with Crippen LogP contribution in [0.3, 0.4) is 0 Å². The molecule has 0 spiro atoms. The van der Waals surface area contributed by atoms with Crippen molar-refractivity contribution in [2.45, 2.75) is 26.7 Å². The van der Waals surface area contributed by atoms with Gasteiger partial charge in [0.05, 0.1) is 5.69 Å². The van der Waals surface area contributed by atoms with E-state index in [9.17, 15) is 22.4 Å². The monoisotopic (exact) mass is 373 g/mol. The predicted octanol–water partition coefficient (Wildman–Crippen LogP) is 3.93. The van der Waals surface area contributed by atoms with Gasteiger partial charge in [-0.1, -0.05) is 0 Å². The average molecular weight is 373 g/mol. The Morgan fingerprint density at radius 2 is 1.88 bits per heavy atom. The van der Waals surface area contributed by atoms with E-state index in [4.69, 9.17) is 0 Å². The van der Waals surface area contributed by atoms with E-state index in [0.717, 1.165) is 16.6 Å². The molecule has 3 aromatic rings. The molecule has 3 heterocycles. The van der Waals surface area contributed by atoms with E-state index in [-0.39, 0.29) is 11.3 Å². The second-order valence-corrected chi connectivity index (χ2v) is 6.32. The Bertz CT molecular complexity index is 933. The van der Waals surface area contributed by atoms with Crippen LogP contribution in [0, 0.1) is 13.8 Å². The summed E-state index contributed by atoms with van der Waals surface area (Å²) in [5.74, 6) is -0.696. The van der Waals surface area contributed by atoms with Crippen LogP contribution in [0.5, 0.6) is 0 Å². The molecule has 0 aromatic carbocycles. The number of halogens is 4. The lowest BCUT2D eigenvalue weighted by molar-refractivity contribution is 0.102. The molecule has 0 aliphatic rings. The van der Waals surface area contributed by atoms with Gasteiger partial charge in [-0.15, -0.1) is 11.3 Å². The van der Waals surface area contributed by atoms with Crippen molar-refractivity contribution >= 4 is 28.0 Å². The highest BCUT2D eigenvalue weighted by Gasteiger charge is 2.22. The van der Waals surface area contributed by atoms with Crippen molar-refractivity contribution in [1.82, 2.24) is 19.6 Å². The van der Waals surface area contributed by atoms with E-state index < -0.39 is 30.1 Å². The second-order valence-electron chi connectivity index (χ2n) is 5.12. The molecule has 0 aliphatic heterocycles. The summed E-state index contributed by atoms with van der Waals surface area (Å²) in [7, 11) is 0. The third kappa shape index (κ3) is 3.31. The molecule has 3 aromatic heterocycles. The first-order valence-corrected chi connectivity index (χ1v) is 7.80. The quantitative estimate of drug-likeness (QED) is 0.704. The molecule has 11 heteroatoms. The van der Waals surface area contributed by atoms with Gasteiger partial charge in [0.1, 0.15) is 11.4 Å². The minimum Gasteiger partial charge on any atom is -0.296 e. The summed E-state index contributed by atoms with van der Waals surface area (Å²) in [5.41, 5.74) is -1.31. The fraction of sp³-hybridized carbons (Fsp3) is 0.286. The third-order valence-corrected chi connectivity index (χ3v) is 4.39. The molecule has 0 atom stereocenters. The molecule has 0 unspecified atom stereocenters. The van der Waals surface area contributed by atoms with Gasteiger partial charge in [-0.05, 0) is 19.9 Å². The normalized spacial score (nSPS) is 11.7. The largest absolute Gasteiger partial charge is 0.296 e. The van der Waals surface area contributed by atoms with Gasteiger partial charge < -0.3 is 0 Å². The van der Waals surface area contributed by atoms with Crippen molar-refractivity contribution in [3.63, 3.8) is 0 Å². The van der Waals surface area contributed by atoms with Crippen molar-refractivity contribution in [2.24, 2.45) is 0 Å². The van der Waals surface area contributed by atoms with Gasteiger partial charge in [-0.3, -0.25) is 10.1 Å². The molecule has 1 amide bonds. The number of hydrogen-bond acceptors (Lipinski definition) is 5. The maximum atomic E-state index is 13.1. The Morgan fingerprint density at radius 1 is 1.16 bits per heavy atom. The van der Waals surface area contributed by atoms with E-state index >= 15 is 0 Å². The zero-order valence-corrected chi connectivity index (χ0v) is 13.7. The van der Waals surface area contributed by atoms with E-state index in [1.165, 1.54) is 11.3 Å². The van der Waals surface area contributed by atoms with Gasteiger partial charge >= 0.3 is 0 Å². The highest BCUT2D eigenvalue weighted by atomic mass is 32.1. The molecule has 0 aliphatic carbocycles. The van der Waals surface area contributed by atoms with Crippen LogP contribution in [-0.4, -0.2) is 25.5 Å². The molecule has 0 radical (unpaired) electrons. The smallest absolute Gasteiger partial charge is 0.280 e. The van der Waals surface area contributed by atoms with Crippen LogP contribution in [-0.2, 0) is 0 Å². The molecule has 6 nitrogen and oxygen atoms in total. The minimum atomic E-state index is -3.05. The number of rotatable bonds is 4. The number of nitrogens with zero attached hydrogens (tertiary/aromatic N) is 4. The van der Waals surface area contributed by atoms with Crippen LogP contribution < -0.4 is 5.32 Å². The van der Waals surface area contributed by atoms with Crippen molar-refractivity contribution < 1.29 is 22.4 Å². The van der Waals surface area contributed by atoms with Crippen molar-refractivity contribution in [1.29, 1.82) is 0 Å². The Kier molecular flexibility index (Phi) is 4.41. The number of hydrogen-bond donors (Lipinski definition) is 1. The number of thiazole rings is 1. The first-order valence-electron chi connectivity index (χ1n) is 6.98. The topological polar surface area (TPSA) is 72.2 Å². The van der Waals surface area contributed by atoms with Gasteiger partial charge in [0.25, 0.3) is 18.8 Å². The lowest BCUT2D eigenvalue weighted by Crippen LogP contribution is -2.13. The fourth-order valence-electron chi connectivity index (χ4n) is 2.08. The summed E-state index contributed by atoms with van der Waals surface area (Å²) in [5, 5.41) is 6.58. The Morgan fingerprint density at radius 3 is 2.44 bits per heavy atom. The van der Waals surface area contributed by atoms with Gasteiger partial charge in [-0.25, -0.2) is 32.0 Å². The number of nitrogens with one attached hydrogen (secondary N) is 1. The highest BCUT2D eigenvalue weighted by Crippen LogP contribution is 2.26. The molecular weight excluding hydrogens is 362 g/mol. The summed E-state index contributed by atoms with van der Waals surface area (Å²) in [6.07, 6.45) is -6.07. The first kappa shape index (κ1) is 17.3. The molecule has 0 bridgehead atoms. The summed E-state index contributed by atoms with van der Waals surface area (Å²) in [6.45, 7) is 3.61. The maximum absolute atomic E-state index is 13.1. The van der Waals surface area contributed by atoms with E-state index in [2.05, 4.69) is 20.4 Å². The number of amides is 1. The van der Waals surface area contributed by atoms with E-state index in [1.54, 1.807) is 6.92 Å². The minimum absolute atomic E-state index is 0.230. The van der Waals surface area contributed by atoms with Gasteiger partial charge in [0, 0.05) is 10.9 Å². The SMILES string of the molecule is Cc1nc(NC(=O)c2cc3nc(C(F)F)cc(C(F)F)n3n2)sc1C. The number of fused-ring (bicyclic) bond motifs is 1. The molecular formula is C14H11F4N5OS. The summed E-state index contributed by atoms with van der Waals surface area (Å²) < 4.78 is 52.5. The lowest BCUT2D eigenvalue weighted by Gasteiger charge is -2.06. The molecule has 25 heavy (non-hydrogen) atoms. The molecule has 0 saturated carbocycles. The molecule has 1 N–H and O–H groups in total. The number of alkyl halides is 4. The predicted molar refractivity (Wildman–Crippen MR) is 82.4 cm³/mol. The van der Waals surface area contributed by atoms with Crippen LogP contribution in [0.25, 0.3) is 5.65 Å². The standard InChI is InChI=1S/C14H11F4N5OS/c1-5-6(2)25-14(19-5)21-13(24)8-4-10-20-7(11(15)16)3-9(12(17)18)23(10)22-8/h3-4,11-12H,1-2H3,(H,19,21,24). The van der Waals surface area contributed by atoms with Crippen LogP contribution in [0.4, 0.5) is 22.7 Å². The lowest BCUT2D eigenvalue weighted by atomic mass is 10.3. The Hall–Kier alpha value is -2.56. The fourth-order valence-corrected chi connectivity index (χ4v) is 2.89. The van der Waals surface area contributed by atoms with Gasteiger partial charge in [-0.2, -0.15) is 5.10 Å². The van der Waals surface area contributed by atoms with Crippen molar-refractivity contribution in [3.05, 3.63) is 39.8 Å². The highest BCUT2D eigenvalue weighted by molar-refractivity contribution is 7.15. The second kappa shape index (κ2) is 6.39. The average Bonchev–Trinajstić information content (AvgIpc) is 3.09. The summed E-state index contributed by atoms with van der Waals surface area (Å²) >= 11 is 1.25. The zero-order valence-electron chi connectivity index (χ0n) is 12.9. The number of carbonyl (C=O) groups is 1. The number of anilines is 1. The van der Waals surface area contributed by atoms with E-state index in [1.807, 2.05) is 6.92 Å². The van der Waals surface area contributed by atoms with Gasteiger partial charge in [0.15, 0.2) is 16.5 Å². The Balaban J connectivity index is 1.99. The van der Waals surface area contributed by atoms with E-state index in [0.29, 0.717) is 15.7 Å². The number of carbonyl (C=O) groups excluding carboxylic acids is 1. The van der Waals surface area contributed by atoms with Gasteiger partial charge in [0.2, 0.25) is 0 Å². The maximum Gasteiger partial charge on any atom is 0.280 e. The molecule has 0 saturated heterocycles. The summed E-state index contributed by atoms with van der Waals surface area (Å²) in [6, 6.07) is 1.64. The van der Waals surface area contributed by atoms with Crippen LogP contribution >= 0.6 is 11.3 Å². The molecule has 3 rings (SSSR count). The number of aryl methyl sites for hydroxylation is 2. The Labute approximate surface area is 142 Å². The molecule has 132 valence electrons. The van der Waals surface area contributed by atoms with Crippen molar-refractivity contribution in [3.8, 4) is 0 Å².